The third-order valence-corrected chi connectivity index (χ3v) is 6.96. The molecule has 0 radical (unpaired) electrons. The molecule has 0 spiro atoms. The van der Waals surface area contributed by atoms with Crippen LogP contribution in [-0.2, 0) is 4.74 Å². The van der Waals surface area contributed by atoms with Crippen LogP contribution in [0.25, 0.3) is 10.6 Å². The van der Waals surface area contributed by atoms with Crippen LogP contribution < -0.4 is 4.74 Å². The number of nitrogens with zero attached hydrogens (tertiary/aromatic N) is 2. The van der Waals surface area contributed by atoms with Gasteiger partial charge in [0.2, 0.25) is 0 Å². The number of thiazole rings is 1. The maximum atomic E-state index is 13.2. The molecular weight excluding hydrogens is 376 g/mol. The van der Waals surface area contributed by atoms with E-state index in [1.165, 1.54) is 11.3 Å². The van der Waals surface area contributed by atoms with Crippen LogP contribution in [0.15, 0.2) is 30.5 Å². The normalized spacial score (nSPS) is 27.8. The molecule has 3 heterocycles. The van der Waals surface area contributed by atoms with E-state index in [2.05, 4.69) is 4.98 Å². The smallest absolute Gasteiger partial charge is 0.265 e. The highest BCUT2D eigenvalue weighted by atomic mass is 32.1. The number of hydrogen-bond acceptors (Lipinski definition) is 6. The van der Waals surface area contributed by atoms with Gasteiger partial charge in [-0.05, 0) is 50.5 Å². The van der Waals surface area contributed by atoms with Gasteiger partial charge in [-0.25, -0.2) is 4.98 Å². The molecule has 2 aromatic rings. The van der Waals surface area contributed by atoms with Crippen LogP contribution in [0.2, 0.25) is 0 Å². The van der Waals surface area contributed by atoms with Gasteiger partial charge in [0.05, 0.1) is 25.5 Å². The first-order chi connectivity index (χ1) is 13.5. The Morgan fingerprint density at radius 1 is 1.39 bits per heavy atom. The first kappa shape index (κ1) is 19.4. The van der Waals surface area contributed by atoms with Crippen molar-refractivity contribution >= 4 is 17.2 Å². The highest BCUT2D eigenvalue weighted by Gasteiger charge is 2.45. The number of rotatable bonds is 4. The zero-order valence-corrected chi connectivity index (χ0v) is 17.1. The Morgan fingerprint density at radius 3 is 2.89 bits per heavy atom. The fraction of sp³-hybridized carbons (Fsp3) is 0.524. The van der Waals surface area contributed by atoms with Crippen molar-refractivity contribution in [3.63, 3.8) is 0 Å². The van der Waals surface area contributed by atoms with Gasteiger partial charge in [0, 0.05) is 30.7 Å². The quantitative estimate of drug-likeness (QED) is 0.850. The number of hydrogen-bond donors (Lipinski definition) is 1. The van der Waals surface area contributed by atoms with Gasteiger partial charge < -0.3 is 19.5 Å². The van der Waals surface area contributed by atoms with Gasteiger partial charge in [-0.15, -0.1) is 11.3 Å². The van der Waals surface area contributed by atoms with E-state index in [0.29, 0.717) is 31.1 Å². The minimum Gasteiger partial charge on any atom is -0.497 e. The minimum atomic E-state index is -0.798. The maximum absolute atomic E-state index is 13.2. The standard InChI is InChI=1S/C21H26N2O4S/c1-21(25)9-11-27-13-16(21)17-4-3-10-23(17)20(24)18-12-22-19(28-18)14-5-7-15(26-2)8-6-14/h5-8,12,16-17,25H,3-4,9-11,13H2,1-2H3/t16-,17-,21+/m1/s1. The summed E-state index contributed by atoms with van der Waals surface area (Å²) in [4.78, 5) is 20.2. The average molecular weight is 403 g/mol. The Hall–Kier alpha value is -1.96. The molecule has 2 aliphatic heterocycles. The molecule has 0 bridgehead atoms. The lowest BCUT2D eigenvalue weighted by Gasteiger charge is -2.43. The second-order valence-corrected chi connectivity index (χ2v) is 8.79. The molecule has 4 rings (SSSR count). The van der Waals surface area contributed by atoms with E-state index in [9.17, 15) is 9.90 Å². The van der Waals surface area contributed by atoms with E-state index in [0.717, 1.165) is 29.2 Å². The predicted molar refractivity (Wildman–Crippen MR) is 108 cm³/mol. The van der Waals surface area contributed by atoms with Crippen LogP contribution in [0.1, 0.15) is 35.9 Å². The number of aromatic nitrogens is 1. The Labute approximate surface area is 169 Å². The third kappa shape index (κ3) is 3.66. The van der Waals surface area contributed by atoms with E-state index >= 15 is 0 Å². The van der Waals surface area contributed by atoms with Crippen molar-refractivity contribution in [1.29, 1.82) is 0 Å². The SMILES string of the molecule is COc1ccc(-c2ncc(C(=O)N3CCC[C@@H]3[C@H]3COCC[C@]3(C)O)s2)cc1. The van der Waals surface area contributed by atoms with Crippen LogP contribution in [-0.4, -0.2) is 59.4 Å². The molecule has 2 fully saturated rings. The lowest BCUT2D eigenvalue weighted by Crippen LogP contribution is -2.53. The molecule has 0 saturated carbocycles. The van der Waals surface area contributed by atoms with E-state index < -0.39 is 5.60 Å². The van der Waals surface area contributed by atoms with Crippen molar-refractivity contribution in [3.05, 3.63) is 35.3 Å². The summed E-state index contributed by atoms with van der Waals surface area (Å²) in [6.07, 6.45) is 4.13. The molecule has 6 nitrogen and oxygen atoms in total. The molecule has 7 heteroatoms. The van der Waals surface area contributed by atoms with Crippen molar-refractivity contribution in [2.45, 2.75) is 37.8 Å². The van der Waals surface area contributed by atoms with Crippen molar-refractivity contribution in [2.75, 3.05) is 26.9 Å². The Morgan fingerprint density at radius 2 is 2.18 bits per heavy atom. The van der Waals surface area contributed by atoms with Gasteiger partial charge in [-0.1, -0.05) is 0 Å². The molecule has 1 aromatic carbocycles. The highest BCUT2D eigenvalue weighted by molar-refractivity contribution is 7.16. The average Bonchev–Trinajstić information content (AvgIpc) is 3.37. The molecule has 2 aliphatic rings. The lowest BCUT2D eigenvalue weighted by atomic mass is 9.79. The van der Waals surface area contributed by atoms with Gasteiger partial charge in [0.25, 0.3) is 5.91 Å². The Bertz CT molecular complexity index is 833. The Balaban J connectivity index is 1.53. The number of likely N-dealkylation sites (tertiary alicyclic amines) is 1. The highest BCUT2D eigenvalue weighted by Crippen LogP contribution is 2.37. The fourth-order valence-corrected chi connectivity index (χ4v) is 5.10. The zero-order valence-electron chi connectivity index (χ0n) is 16.3. The first-order valence-electron chi connectivity index (χ1n) is 9.71. The van der Waals surface area contributed by atoms with Gasteiger partial charge in [-0.3, -0.25) is 4.79 Å². The summed E-state index contributed by atoms with van der Waals surface area (Å²) in [7, 11) is 1.64. The van der Waals surface area contributed by atoms with Gasteiger partial charge >= 0.3 is 0 Å². The molecule has 2 saturated heterocycles. The molecule has 1 aromatic heterocycles. The third-order valence-electron chi connectivity index (χ3n) is 5.93. The minimum absolute atomic E-state index is 0.00105. The van der Waals surface area contributed by atoms with Crippen molar-refractivity contribution in [1.82, 2.24) is 9.88 Å². The van der Waals surface area contributed by atoms with Crippen LogP contribution in [0.4, 0.5) is 0 Å². The lowest BCUT2D eigenvalue weighted by molar-refractivity contribution is -0.119. The summed E-state index contributed by atoms with van der Waals surface area (Å²) in [5, 5.41) is 11.6. The molecule has 1 N–H and O–H groups in total. The number of amides is 1. The summed E-state index contributed by atoms with van der Waals surface area (Å²) in [6, 6.07) is 7.68. The van der Waals surface area contributed by atoms with E-state index in [1.54, 1.807) is 13.3 Å². The second kappa shape index (κ2) is 7.81. The summed E-state index contributed by atoms with van der Waals surface area (Å²) in [5.41, 5.74) is 0.166. The van der Waals surface area contributed by atoms with Crippen LogP contribution >= 0.6 is 11.3 Å². The van der Waals surface area contributed by atoms with Gasteiger partial charge in [-0.2, -0.15) is 0 Å². The largest absolute Gasteiger partial charge is 0.497 e. The monoisotopic (exact) mass is 402 g/mol. The second-order valence-electron chi connectivity index (χ2n) is 7.75. The molecule has 1 amide bonds. The molecule has 28 heavy (non-hydrogen) atoms. The zero-order chi connectivity index (χ0) is 19.7. The number of carbonyl (C=O) groups is 1. The predicted octanol–water partition coefficient (Wildman–Crippen LogP) is 3.21. The van der Waals surface area contributed by atoms with E-state index in [1.807, 2.05) is 36.1 Å². The summed E-state index contributed by atoms with van der Waals surface area (Å²) in [6.45, 7) is 3.66. The number of ether oxygens (including phenoxy) is 2. The topological polar surface area (TPSA) is 71.9 Å². The molecular formula is C21H26N2O4S. The van der Waals surface area contributed by atoms with Gasteiger partial charge in [0.1, 0.15) is 15.6 Å². The fourth-order valence-electron chi connectivity index (χ4n) is 4.22. The molecule has 3 atom stereocenters. The molecule has 150 valence electrons. The van der Waals surface area contributed by atoms with Crippen molar-refractivity contribution in [2.24, 2.45) is 5.92 Å². The number of aliphatic hydroxyl groups is 1. The van der Waals surface area contributed by atoms with Crippen LogP contribution in [0.5, 0.6) is 5.75 Å². The van der Waals surface area contributed by atoms with E-state index in [-0.39, 0.29) is 17.9 Å². The number of benzene rings is 1. The Kier molecular flexibility index (Phi) is 5.40. The summed E-state index contributed by atoms with van der Waals surface area (Å²) in [5.74, 6) is 0.737. The number of methoxy groups -OCH3 is 1. The first-order valence-corrected chi connectivity index (χ1v) is 10.5. The molecule has 0 aliphatic carbocycles. The summed E-state index contributed by atoms with van der Waals surface area (Å²) >= 11 is 1.41. The van der Waals surface area contributed by atoms with Crippen molar-refractivity contribution in [3.8, 4) is 16.3 Å². The van der Waals surface area contributed by atoms with Crippen molar-refractivity contribution < 1.29 is 19.4 Å². The maximum Gasteiger partial charge on any atom is 0.265 e. The molecule has 0 unspecified atom stereocenters. The number of carbonyl (C=O) groups excluding carboxylic acids is 1. The summed E-state index contributed by atoms with van der Waals surface area (Å²) < 4.78 is 10.8. The van der Waals surface area contributed by atoms with Crippen LogP contribution in [0.3, 0.4) is 0 Å². The van der Waals surface area contributed by atoms with Crippen LogP contribution in [0, 0.1) is 5.92 Å². The van der Waals surface area contributed by atoms with Gasteiger partial charge in [0.15, 0.2) is 0 Å². The van der Waals surface area contributed by atoms with E-state index in [4.69, 9.17) is 9.47 Å².